The molecule has 4 aromatic rings. The van der Waals surface area contributed by atoms with Crippen molar-refractivity contribution in [2.45, 2.75) is 6.92 Å². The smallest absolute Gasteiger partial charge is 0.182 e. The molecule has 0 saturated carbocycles. The van der Waals surface area contributed by atoms with E-state index in [1.807, 2.05) is 19.1 Å². The predicted molar refractivity (Wildman–Crippen MR) is 83.4 cm³/mol. The van der Waals surface area contributed by atoms with Crippen molar-refractivity contribution in [3.63, 3.8) is 0 Å². The van der Waals surface area contributed by atoms with Gasteiger partial charge in [-0.1, -0.05) is 29.8 Å². The molecule has 0 saturated heterocycles. The third-order valence-electron chi connectivity index (χ3n) is 3.66. The lowest BCUT2D eigenvalue weighted by Gasteiger charge is -2.11. The fourth-order valence-corrected chi connectivity index (χ4v) is 2.89. The van der Waals surface area contributed by atoms with Crippen LogP contribution in [0.25, 0.3) is 27.8 Å². The first-order valence-electron chi connectivity index (χ1n) is 6.70. The van der Waals surface area contributed by atoms with Crippen molar-refractivity contribution < 1.29 is 4.39 Å². The molecule has 0 atom stereocenters. The molecule has 0 N–H and O–H groups in total. The molecule has 0 unspecified atom stereocenters. The van der Waals surface area contributed by atoms with Crippen molar-refractivity contribution in [1.82, 2.24) is 19.6 Å². The standard InChI is InChI=1S/C16H10ClFN4/c1-9-16-21-19-8-22(16)13-7-6-12(18)14(15(13)20-9)10-4-2-3-5-11(10)17/h2-8H,1H3. The fourth-order valence-electron chi connectivity index (χ4n) is 2.66. The number of fused-ring (bicyclic) bond motifs is 3. The Labute approximate surface area is 130 Å². The molecule has 0 bridgehead atoms. The number of halogens is 2. The zero-order valence-corrected chi connectivity index (χ0v) is 12.3. The summed E-state index contributed by atoms with van der Waals surface area (Å²) in [6.07, 6.45) is 1.60. The highest BCUT2D eigenvalue weighted by atomic mass is 35.5. The number of benzene rings is 2. The molecule has 22 heavy (non-hydrogen) atoms. The van der Waals surface area contributed by atoms with Gasteiger partial charge in [0.2, 0.25) is 0 Å². The van der Waals surface area contributed by atoms with Gasteiger partial charge in [0, 0.05) is 16.1 Å². The van der Waals surface area contributed by atoms with E-state index in [2.05, 4.69) is 15.2 Å². The molecule has 108 valence electrons. The average Bonchev–Trinajstić information content (AvgIpc) is 2.99. The number of hydrogen-bond donors (Lipinski definition) is 0. The van der Waals surface area contributed by atoms with Crippen LogP contribution in [0.2, 0.25) is 5.02 Å². The molecule has 0 radical (unpaired) electrons. The average molecular weight is 313 g/mol. The van der Waals surface area contributed by atoms with Gasteiger partial charge in [0.1, 0.15) is 12.1 Å². The Morgan fingerprint density at radius 3 is 2.77 bits per heavy atom. The summed E-state index contributed by atoms with van der Waals surface area (Å²) in [5, 5.41) is 8.43. The largest absolute Gasteiger partial charge is 0.278 e. The van der Waals surface area contributed by atoms with Gasteiger partial charge in [0.15, 0.2) is 5.65 Å². The minimum absolute atomic E-state index is 0.361. The minimum atomic E-state index is -0.361. The fraction of sp³-hybridized carbons (Fsp3) is 0.0625. The third-order valence-corrected chi connectivity index (χ3v) is 3.99. The SMILES string of the molecule is Cc1nc2c(-c3ccccc3Cl)c(F)ccc2n2cnnc12. The molecule has 0 fully saturated rings. The molecule has 2 aromatic heterocycles. The summed E-state index contributed by atoms with van der Waals surface area (Å²) in [5.41, 5.74) is 3.63. The molecule has 2 heterocycles. The molecule has 0 amide bonds. The number of aryl methyl sites for hydroxylation is 1. The molecule has 0 aliphatic carbocycles. The molecule has 0 aliphatic heterocycles. The van der Waals surface area contributed by atoms with Crippen LogP contribution >= 0.6 is 11.6 Å². The lowest BCUT2D eigenvalue weighted by molar-refractivity contribution is 0.632. The first-order valence-corrected chi connectivity index (χ1v) is 7.08. The van der Waals surface area contributed by atoms with E-state index in [1.54, 1.807) is 28.9 Å². The van der Waals surface area contributed by atoms with Gasteiger partial charge in [-0.15, -0.1) is 10.2 Å². The highest BCUT2D eigenvalue weighted by Crippen LogP contribution is 2.35. The van der Waals surface area contributed by atoms with Crippen LogP contribution in [0.4, 0.5) is 4.39 Å². The van der Waals surface area contributed by atoms with Crippen molar-refractivity contribution in [2.75, 3.05) is 0 Å². The van der Waals surface area contributed by atoms with Crippen molar-refractivity contribution in [1.29, 1.82) is 0 Å². The monoisotopic (exact) mass is 312 g/mol. The van der Waals surface area contributed by atoms with Crippen molar-refractivity contribution in [3.8, 4) is 11.1 Å². The molecule has 4 nitrogen and oxygen atoms in total. The van der Waals surface area contributed by atoms with Gasteiger partial charge in [-0.2, -0.15) is 0 Å². The molecule has 6 heteroatoms. The second-order valence-electron chi connectivity index (χ2n) is 4.99. The van der Waals surface area contributed by atoms with E-state index in [1.165, 1.54) is 6.07 Å². The van der Waals surface area contributed by atoms with E-state index >= 15 is 0 Å². The third kappa shape index (κ3) is 1.79. The van der Waals surface area contributed by atoms with E-state index in [-0.39, 0.29) is 5.82 Å². The molecular formula is C16H10ClFN4. The molecule has 0 aliphatic rings. The number of hydrogen-bond acceptors (Lipinski definition) is 3. The maximum atomic E-state index is 14.5. The van der Waals surface area contributed by atoms with Crippen LogP contribution in [0, 0.1) is 12.7 Å². The first-order chi connectivity index (χ1) is 10.7. The summed E-state index contributed by atoms with van der Waals surface area (Å²) in [6, 6.07) is 10.2. The van der Waals surface area contributed by atoms with Gasteiger partial charge >= 0.3 is 0 Å². The van der Waals surface area contributed by atoms with E-state index < -0.39 is 0 Å². The van der Waals surface area contributed by atoms with Crippen molar-refractivity contribution in [2.24, 2.45) is 0 Å². The minimum Gasteiger partial charge on any atom is -0.278 e. The van der Waals surface area contributed by atoms with Gasteiger partial charge in [-0.25, -0.2) is 9.37 Å². The highest BCUT2D eigenvalue weighted by molar-refractivity contribution is 6.33. The predicted octanol–water partition coefficient (Wildman–Crippen LogP) is 4.05. The number of rotatable bonds is 1. The summed E-state index contributed by atoms with van der Waals surface area (Å²) in [4.78, 5) is 4.53. The summed E-state index contributed by atoms with van der Waals surface area (Å²) < 4.78 is 16.3. The van der Waals surface area contributed by atoms with E-state index in [9.17, 15) is 4.39 Å². The van der Waals surface area contributed by atoms with E-state index in [4.69, 9.17) is 11.6 Å². The van der Waals surface area contributed by atoms with Crippen molar-refractivity contribution in [3.05, 3.63) is 59.3 Å². The summed E-state index contributed by atoms with van der Waals surface area (Å²) in [6.45, 7) is 1.82. The van der Waals surface area contributed by atoms with Gasteiger partial charge < -0.3 is 0 Å². The molecule has 4 rings (SSSR count). The van der Waals surface area contributed by atoms with Gasteiger partial charge in [-0.3, -0.25) is 4.40 Å². The number of aromatic nitrogens is 4. The zero-order chi connectivity index (χ0) is 15.3. The highest BCUT2D eigenvalue weighted by Gasteiger charge is 2.17. The Balaban J connectivity index is 2.21. The first kappa shape index (κ1) is 13.2. The van der Waals surface area contributed by atoms with Gasteiger partial charge in [0.25, 0.3) is 0 Å². The van der Waals surface area contributed by atoms with E-state index in [0.29, 0.717) is 33.0 Å². The maximum Gasteiger partial charge on any atom is 0.182 e. The second kappa shape index (κ2) is 4.74. The Morgan fingerprint density at radius 1 is 1.14 bits per heavy atom. The second-order valence-corrected chi connectivity index (χ2v) is 5.40. The van der Waals surface area contributed by atoms with Crippen LogP contribution in [0.5, 0.6) is 0 Å². The van der Waals surface area contributed by atoms with Crippen LogP contribution < -0.4 is 0 Å². The summed E-state index contributed by atoms with van der Waals surface area (Å²) in [7, 11) is 0. The zero-order valence-electron chi connectivity index (χ0n) is 11.6. The lowest BCUT2D eigenvalue weighted by Crippen LogP contribution is -1.98. The Hall–Kier alpha value is -2.53. The van der Waals surface area contributed by atoms with Gasteiger partial charge in [-0.05, 0) is 25.1 Å². The normalized spacial score (nSPS) is 11.4. The number of nitrogens with zero attached hydrogens (tertiary/aromatic N) is 4. The maximum absolute atomic E-state index is 14.5. The molecule has 0 spiro atoms. The lowest BCUT2D eigenvalue weighted by atomic mass is 10.0. The van der Waals surface area contributed by atoms with E-state index in [0.717, 1.165) is 5.52 Å². The quantitative estimate of drug-likeness (QED) is 0.532. The van der Waals surface area contributed by atoms with Crippen LogP contribution in [0.3, 0.4) is 0 Å². The summed E-state index contributed by atoms with van der Waals surface area (Å²) in [5.74, 6) is -0.361. The topological polar surface area (TPSA) is 43.1 Å². The molecular weight excluding hydrogens is 303 g/mol. The molecule has 2 aromatic carbocycles. The Bertz CT molecular complexity index is 1030. The van der Waals surface area contributed by atoms with Crippen LogP contribution in [-0.2, 0) is 0 Å². The summed E-state index contributed by atoms with van der Waals surface area (Å²) >= 11 is 6.24. The Kier molecular flexibility index (Phi) is 2.84. The van der Waals surface area contributed by atoms with Crippen LogP contribution in [0.1, 0.15) is 5.69 Å². The van der Waals surface area contributed by atoms with Crippen LogP contribution in [0.15, 0.2) is 42.7 Å². The van der Waals surface area contributed by atoms with Crippen molar-refractivity contribution >= 4 is 28.3 Å². The Morgan fingerprint density at radius 2 is 1.95 bits per heavy atom. The van der Waals surface area contributed by atoms with Gasteiger partial charge in [0.05, 0.1) is 16.7 Å². The van der Waals surface area contributed by atoms with Crippen LogP contribution in [-0.4, -0.2) is 19.6 Å².